The minimum atomic E-state index is -0.859. The number of methoxy groups -OCH3 is 1. The molecule has 0 aliphatic rings. The van der Waals surface area contributed by atoms with Crippen molar-refractivity contribution in [3.05, 3.63) is 15.8 Å². The number of hydrogen-bond acceptors (Lipinski definition) is 4. The molecule has 1 aromatic rings. The van der Waals surface area contributed by atoms with Gasteiger partial charge in [-0.2, -0.15) is 0 Å². The Morgan fingerprint density at radius 2 is 2.38 bits per heavy atom. The van der Waals surface area contributed by atoms with Crippen LogP contribution in [-0.4, -0.2) is 18.2 Å². The van der Waals surface area contributed by atoms with Gasteiger partial charge in [0.15, 0.2) is 5.75 Å². The van der Waals surface area contributed by atoms with Crippen molar-refractivity contribution >= 4 is 28.7 Å². The number of rotatable bonds is 2. The van der Waals surface area contributed by atoms with Gasteiger partial charge in [0.05, 0.1) is 16.9 Å². The summed E-state index contributed by atoms with van der Waals surface area (Å²) < 4.78 is 10.3. The fourth-order valence-electron chi connectivity index (χ4n) is 0.730. The summed E-state index contributed by atoms with van der Waals surface area (Å²) in [4.78, 5) is 14.3. The van der Waals surface area contributed by atoms with Gasteiger partial charge in [-0.15, -0.1) is 0 Å². The van der Waals surface area contributed by atoms with Gasteiger partial charge in [0.25, 0.3) is 0 Å². The third kappa shape index (κ3) is 2.72. The molecule has 0 aliphatic heterocycles. The van der Waals surface area contributed by atoms with Crippen molar-refractivity contribution in [1.29, 1.82) is 0 Å². The van der Waals surface area contributed by atoms with Gasteiger partial charge in [0.2, 0.25) is 5.88 Å². The molecule has 5 nitrogen and oxygen atoms in total. The molecule has 6 heteroatoms. The van der Waals surface area contributed by atoms with Crippen LogP contribution >= 0.6 is 22.6 Å². The van der Waals surface area contributed by atoms with Gasteiger partial charge in [-0.05, 0) is 22.6 Å². The highest BCUT2D eigenvalue weighted by molar-refractivity contribution is 14.1. The van der Waals surface area contributed by atoms with Crippen molar-refractivity contribution in [2.75, 3.05) is 7.11 Å². The smallest absolute Gasteiger partial charge is 0.410 e. The Balaban J connectivity index is 2.89. The zero-order valence-electron chi connectivity index (χ0n) is 6.78. The molecule has 0 fully saturated rings. The lowest BCUT2D eigenvalue weighted by molar-refractivity contribution is 0.210. The number of nitrogens with two attached hydrogens (primary N) is 1. The third-order valence-corrected chi connectivity index (χ3v) is 1.97. The molecule has 0 bridgehead atoms. The van der Waals surface area contributed by atoms with Crippen LogP contribution in [0.4, 0.5) is 4.79 Å². The Hall–Kier alpha value is -1.05. The van der Waals surface area contributed by atoms with Crippen LogP contribution in [0.15, 0.2) is 12.3 Å². The lowest BCUT2D eigenvalue weighted by Gasteiger charge is -2.03. The van der Waals surface area contributed by atoms with E-state index in [0.717, 1.165) is 3.57 Å². The monoisotopic (exact) mass is 294 g/mol. The first-order valence-electron chi connectivity index (χ1n) is 3.30. The highest BCUT2D eigenvalue weighted by atomic mass is 127. The van der Waals surface area contributed by atoms with Gasteiger partial charge in [0, 0.05) is 6.07 Å². The zero-order chi connectivity index (χ0) is 9.84. The average Bonchev–Trinajstić information content (AvgIpc) is 2.03. The van der Waals surface area contributed by atoms with Gasteiger partial charge in [-0.25, -0.2) is 9.78 Å². The summed E-state index contributed by atoms with van der Waals surface area (Å²) in [5, 5.41) is 0. The number of primary amides is 1. The van der Waals surface area contributed by atoms with Crippen LogP contribution < -0.4 is 15.2 Å². The number of amides is 1. The topological polar surface area (TPSA) is 74.4 Å². The summed E-state index contributed by atoms with van der Waals surface area (Å²) in [6.07, 6.45) is 0.508. The highest BCUT2D eigenvalue weighted by Gasteiger charge is 2.05. The molecule has 0 saturated carbocycles. The molecule has 1 heterocycles. The maximum Gasteiger partial charge on any atom is 0.410 e. The summed E-state index contributed by atoms with van der Waals surface area (Å²) in [6, 6.07) is 1.61. The molecule has 1 rings (SSSR count). The molecular weight excluding hydrogens is 287 g/mol. The Kier molecular flexibility index (Phi) is 3.29. The van der Waals surface area contributed by atoms with Crippen molar-refractivity contribution in [3.63, 3.8) is 0 Å². The third-order valence-electron chi connectivity index (χ3n) is 1.19. The minimum absolute atomic E-state index is 0.303. The maximum absolute atomic E-state index is 10.4. The van der Waals surface area contributed by atoms with Crippen LogP contribution in [0.25, 0.3) is 0 Å². The van der Waals surface area contributed by atoms with Gasteiger partial charge < -0.3 is 15.2 Å². The molecule has 0 aromatic carbocycles. The van der Waals surface area contributed by atoms with E-state index in [4.69, 9.17) is 10.5 Å². The Bertz CT molecular complexity index is 330. The molecule has 0 atom stereocenters. The molecule has 0 radical (unpaired) electrons. The fourth-order valence-corrected chi connectivity index (χ4v) is 1.40. The molecule has 1 amide bonds. The summed E-state index contributed by atoms with van der Waals surface area (Å²) in [5.41, 5.74) is 4.82. The first-order valence-corrected chi connectivity index (χ1v) is 4.38. The average molecular weight is 294 g/mol. The van der Waals surface area contributed by atoms with Gasteiger partial charge in [-0.3, -0.25) is 0 Å². The first-order chi connectivity index (χ1) is 6.13. The van der Waals surface area contributed by atoms with Gasteiger partial charge in [-0.1, -0.05) is 0 Å². The van der Waals surface area contributed by atoms with Crippen molar-refractivity contribution in [2.45, 2.75) is 0 Å². The Morgan fingerprint density at radius 1 is 1.69 bits per heavy atom. The molecule has 13 heavy (non-hydrogen) atoms. The van der Waals surface area contributed by atoms with Crippen molar-refractivity contribution in [2.24, 2.45) is 5.73 Å². The predicted molar refractivity (Wildman–Crippen MR) is 53.7 cm³/mol. The first kappa shape index (κ1) is 10.0. The molecule has 0 saturated heterocycles. The summed E-state index contributed by atoms with van der Waals surface area (Å²) in [7, 11) is 1.51. The number of pyridine rings is 1. The van der Waals surface area contributed by atoms with E-state index in [9.17, 15) is 4.79 Å². The van der Waals surface area contributed by atoms with Crippen LogP contribution in [0, 0.1) is 3.57 Å². The molecule has 0 aliphatic carbocycles. The van der Waals surface area contributed by atoms with E-state index >= 15 is 0 Å². The van der Waals surface area contributed by atoms with Crippen molar-refractivity contribution in [3.8, 4) is 11.6 Å². The second-order valence-corrected chi connectivity index (χ2v) is 3.25. The van der Waals surface area contributed by atoms with E-state index in [1.54, 1.807) is 6.07 Å². The molecule has 0 unspecified atom stereocenters. The minimum Gasteiger partial charge on any atom is -0.480 e. The number of hydrogen-bond donors (Lipinski definition) is 1. The standard InChI is InChI=1S/C7H7IN2O3/c1-12-6-5(8)2-4(3-10-6)13-7(9)11/h2-3H,1H3,(H2,9,11). The number of ether oxygens (including phenoxy) is 2. The lowest BCUT2D eigenvalue weighted by atomic mass is 10.4. The van der Waals surface area contributed by atoms with E-state index in [1.807, 2.05) is 22.6 Å². The van der Waals surface area contributed by atoms with E-state index in [-0.39, 0.29) is 0 Å². The van der Waals surface area contributed by atoms with Crippen LogP contribution in [0.2, 0.25) is 0 Å². The van der Waals surface area contributed by atoms with Gasteiger partial charge >= 0.3 is 6.09 Å². The Morgan fingerprint density at radius 3 is 2.85 bits per heavy atom. The SMILES string of the molecule is COc1ncc(OC(N)=O)cc1I. The molecular formula is C7H7IN2O3. The molecule has 0 spiro atoms. The molecule has 2 N–H and O–H groups in total. The second kappa shape index (κ2) is 4.26. The van der Waals surface area contributed by atoms with E-state index < -0.39 is 6.09 Å². The van der Waals surface area contributed by atoms with Crippen LogP contribution in [0.3, 0.4) is 0 Å². The summed E-state index contributed by atoms with van der Waals surface area (Å²) in [6.45, 7) is 0. The highest BCUT2D eigenvalue weighted by Crippen LogP contribution is 2.21. The largest absolute Gasteiger partial charge is 0.480 e. The zero-order valence-corrected chi connectivity index (χ0v) is 8.94. The second-order valence-electron chi connectivity index (χ2n) is 2.08. The van der Waals surface area contributed by atoms with E-state index in [2.05, 4.69) is 9.72 Å². The molecule has 70 valence electrons. The van der Waals surface area contributed by atoms with Crippen LogP contribution in [0.5, 0.6) is 11.6 Å². The quantitative estimate of drug-likeness (QED) is 0.830. The lowest BCUT2D eigenvalue weighted by Crippen LogP contribution is -2.16. The van der Waals surface area contributed by atoms with Crippen LogP contribution in [0.1, 0.15) is 0 Å². The number of carbonyl (C=O) groups excluding carboxylic acids is 1. The fraction of sp³-hybridized carbons (Fsp3) is 0.143. The Labute approximate surface area is 88.4 Å². The number of carbonyl (C=O) groups is 1. The van der Waals surface area contributed by atoms with E-state index in [1.165, 1.54) is 13.3 Å². The normalized spacial score (nSPS) is 9.38. The van der Waals surface area contributed by atoms with Crippen molar-refractivity contribution < 1.29 is 14.3 Å². The number of halogens is 1. The van der Waals surface area contributed by atoms with Crippen LogP contribution in [-0.2, 0) is 0 Å². The number of nitrogens with zero attached hydrogens (tertiary/aromatic N) is 1. The van der Waals surface area contributed by atoms with Gasteiger partial charge in [0.1, 0.15) is 0 Å². The number of aromatic nitrogens is 1. The predicted octanol–water partition coefficient (Wildman–Crippen LogP) is 1.15. The maximum atomic E-state index is 10.4. The summed E-state index contributed by atoms with van der Waals surface area (Å²) >= 11 is 2.01. The molecule has 1 aromatic heterocycles. The van der Waals surface area contributed by atoms with E-state index in [0.29, 0.717) is 11.6 Å². The van der Waals surface area contributed by atoms with Crippen molar-refractivity contribution in [1.82, 2.24) is 4.98 Å². The summed E-state index contributed by atoms with van der Waals surface area (Å²) in [5.74, 6) is 0.787.